The molecule has 2 rings (SSSR count). The molecule has 0 atom stereocenters. The Morgan fingerprint density at radius 1 is 1.00 bits per heavy atom. The Labute approximate surface area is 137 Å². The third kappa shape index (κ3) is 5.23. The van der Waals surface area contributed by atoms with Crippen LogP contribution in [0.3, 0.4) is 0 Å². The molecule has 0 radical (unpaired) electrons. The molecule has 0 aliphatic rings. The SMILES string of the molecule is Cc1ccc(SCc2ccc(C(=O)NC(C)(C)C)cc2)cc1. The summed E-state index contributed by atoms with van der Waals surface area (Å²) in [7, 11) is 0. The van der Waals surface area contributed by atoms with Gasteiger partial charge >= 0.3 is 0 Å². The van der Waals surface area contributed by atoms with Crippen LogP contribution in [-0.4, -0.2) is 11.4 Å². The number of nitrogens with one attached hydrogen (secondary N) is 1. The number of amides is 1. The largest absolute Gasteiger partial charge is 0.347 e. The molecule has 0 aliphatic carbocycles. The zero-order valence-corrected chi connectivity index (χ0v) is 14.5. The lowest BCUT2D eigenvalue weighted by Crippen LogP contribution is -2.40. The third-order valence-corrected chi connectivity index (χ3v) is 4.21. The molecule has 0 heterocycles. The maximum Gasteiger partial charge on any atom is 0.251 e. The second-order valence-electron chi connectivity index (χ2n) is 6.50. The minimum atomic E-state index is -0.211. The van der Waals surface area contributed by atoms with Gasteiger partial charge in [0.05, 0.1) is 0 Å². The van der Waals surface area contributed by atoms with Crippen LogP contribution in [0, 0.1) is 6.92 Å². The average molecular weight is 313 g/mol. The Morgan fingerprint density at radius 3 is 2.14 bits per heavy atom. The standard InChI is InChI=1S/C19H23NOS/c1-14-5-11-17(12-6-14)22-13-15-7-9-16(10-8-15)18(21)20-19(2,3)4/h5-12H,13H2,1-4H3,(H,20,21). The first kappa shape index (κ1) is 16.6. The first-order valence-electron chi connectivity index (χ1n) is 7.44. The predicted octanol–water partition coefficient (Wildman–Crippen LogP) is 4.82. The van der Waals surface area contributed by atoms with Crippen molar-refractivity contribution in [2.45, 2.75) is 43.9 Å². The quantitative estimate of drug-likeness (QED) is 0.820. The fourth-order valence-corrected chi connectivity index (χ4v) is 2.82. The van der Waals surface area contributed by atoms with Crippen molar-refractivity contribution in [2.24, 2.45) is 0 Å². The first-order valence-corrected chi connectivity index (χ1v) is 8.43. The van der Waals surface area contributed by atoms with Gasteiger partial charge in [0.2, 0.25) is 0 Å². The van der Waals surface area contributed by atoms with Crippen molar-refractivity contribution < 1.29 is 4.79 Å². The average Bonchev–Trinajstić information content (AvgIpc) is 2.45. The summed E-state index contributed by atoms with van der Waals surface area (Å²) in [6.07, 6.45) is 0. The van der Waals surface area contributed by atoms with E-state index < -0.39 is 0 Å². The minimum absolute atomic E-state index is 0.0229. The van der Waals surface area contributed by atoms with Crippen LogP contribution in [0.5, 0.6) is 0 Å². The molecule has 1 N–H and O–H groups in total. The van der Waals surface area contributed by atoms with Gasteiger partial charge in [-0.2, -0.15) is 0 Å². The van der Waals surface area contributed by atoms with Crippen molar-refractivity contribution in [1.29, 1.82) is 0 Å². The topological polar surface area (TPSA) is 29.1 Å². The van der Waals surface area contributed by atoms with Crippen molar-refractivity contribution in [3.8, 4) is 0 Å². The van der Waals surface area contributed by atoms with Crippen molar-refractivity contribution in [3.05, 3.63) is 65.2 Å². The van der Waals surface area contributed by atoms with E-state index in [1.807, 2.05) is 45.0 Å². The van der Waals surface area contributed by atoms with E-state index in [2.05, 4.69) is 36.5 Å². The fraction of sp³-hybridized carbons (Fsp3) is 0.316. The molecule has 22 heavy (non-hydrogen) atoms. The van der Waals surface area contributed by atoms with Crippen LogP contribution in [0.4, 0.5) is 0 Å². The lowest BCUT2D eigenvalue weighted by Gasteiger charge is -2.20. The van der Waals surface area contributed by atoms with Crippen LogP contribution in [-0.2, 0) is 5.75 Å². The third-order valence-electron chi connectivity index (χ3n) is 3.13. The smallest absolute Gasteiger partial charge is 0.251 e. The number of benzene rings is 2. The van der Waals surface area contributed by atoms with Gasteiger partial charge in [0, 0.05) is 21.8 Å². The molecule has 1 amide bonds. The number of rotatable bonds is 4. The van der Waals surface area contributed by atoms with Crippen LogP contribution in [0.25, 0.3) is 0 Å². The molecule has 0 fully saturated rings. The lowest BCUT2D eigenvalue weighted by atomic mass is 10.1. The second kappa shape index (κ2) is 7.01. The van der Waals surface area contributed by atoms with Crippen molar-refractivity contribution in [1.82, 2.24) is 5.32 Å². The summed E-state index contributed by atoms with van der Waals surface area (Å²) >= 11 is 1.81. The molecule has 0 aromatic heterocycles. The summed E-state index contributed by atoms with van der Waals surface area (Å²) in [5.74, 6) is 0.884. The Hall–Kier alpha value is -1.74. The first-order chi connectivity index (χ1) is 10.3. The Morgan fingerprint density at radius 2 is 1.59 bits per heavy atom. The number of hydrogen-bond donors (Lipinski definition) is 1. The molecule has 0 saturated carbocycles. The van der Waals surface area contributed by atoms with Crippen LogP contribution in [0.15, 0.2) is 53.4 Å². The molecule has 2 aromatic rings. The van der Waals surface area contributed by atoms with Crippen molar-refractivity contribution in [2.75, 3.05) is 0 Å². The van der Waals surface area contributed by atoms with Crippen molar-refractivity contribution in [3.63, 3.8) is 0 Å². The Balaban J connectivity index is 1.94. The van der Waals surface area contributed by atoms with E-state index in [1.54, 1.807) is 11.8 Å². The maximum atomic E-state index is 12.1. The summed E-state index contributed by atoms with van der Waals surface area (Å²) in [5.41, 5.74) is 2.99. The van der Waals surface area contributed by atoms with Crippen LogP contribution < -0.4 is 5.32 Å². The molecular formula is C19H23NOS. The molecular weight excluding hydrogens is 290 g/mol. The van der Waals surface area contributed by atoms with Gasteiger partial charge in [0.25, 0.3) is 5.91 Å². The highest BCUT2D eigenvalue weighted by Crippen LogP contribution is 2.23. The predicted molar refractivity (Wildman–Crippen MR) is 94.4 cm³/mol. The van der Waals surface area contributed by atoms with Gasteiger partial charge in [-0.05, 0) is 57.5 Å². The molecule has 0 bridgehead atoms. The molecule has 2 aromatic carbocycles. The number of hydrogen-bond acceptors (Lipinski definition) is 2. The molecule has 0 unspecified atom stereocenters. The Kier molecular flexibility index (Phi) is 5.30. The van der Waals surface area contributed by atoms with E-state index in [1.165, 1.54) is 16.0 Å². The van der Waals surface area contributed by atoms with Crippen LogP contribution >= 0.6 is 11.8 Å². The highest BCUT2D eigenvalue weighted by Gasteiger charge is 2.14. The van der Waals surface area contributed by atoms with E-state index in [9.17, 15) is 4.79 Å². The van der Waals surface area contributed by atoms with Crippen LogP contribution in [0.1, 0.15) is 42.3 Å². The zero-order valence-electron chi connectivity index (χ0n) is 13.6. The van der Waals surface area contributed by atoms with Gasteiger partial charge in [-0.25, -0.2) is 0 Å². The molecule has 0 spiro atoms. The number of carbonyl (C=O) groups excluding carboxylic acids is 1. The number of thioether (sulfide) groups is 1. The van der Waals surface area contributed by atoms with E-state index in [4.69, 9.17) is 0 Å². The summed E-state index contributed by atoms with van der Waals surface area (Å²) < 4.78 is 0. The highest BCUT2D eigenvalue weighted by atomic mass is 32.2. The minimum Gasteiger partial charge on any atom is -0.347 e. The zero-order chi connectivity index (χ0) is 16.2. The second-order valence-corrected chi connectivity index (χ2v) is 7.55. The number of aryl methyl sites for hydroxylation is 1. The fourth-order valence-electron chi connectivity index (χ4n) is 1.97. The summed E-state index contributed by atoms with van der Waals surface area (Å²) in [6.45, 7) is 8.04. The van der Waals surface area contributed by atoms with E-state index in [0.717, 1.165) is 5.75 Å². The van der Waals surface area contributed by atoms with Gasteiger partial charge < -0.3 is 5.32 Å². The van der Waals surface area contributed by atoms with Crippen molar-refractivity contribution >= 4 is 17.7 Å². The maximum absolute atomic E-state index is 12.1. The summed E-state index contributed by atoms with van der Waals surface area (Å²) in [5, 5.41) is 2.97. The molecule has 0 saturated heterocycles. The van der Waals surface area contributed by atoms with Gasteiger partial charge in [0.1, 0.15) is 0 Å². The summed E-state index contributed by atoms with van der Waals surface area (Å²) in [4.78, 5) is 13.3. The monoisotopic (exact) mass is 313 g/mol. The molecule has 3 heteroatoms. The lowest BCUT2D eigenvalue weighted by molar-refractivity contribution is 0.0919. The molecule has 2 nitrogen and oxygen atoms in total. The van der Waals surface area contributed by atoms with E-state index in [0.29, 0.717) is 5.56 Å². The van der Waals surface area contributed by atoms with Gasteiger partial charge in [-0.1, -0.05) is 29.8 Å². The normalized spacial score (nSPS) is 11.3. The Bertz CT molecular complexity index is 624. The van der Waals surface area contributed by atoms with Gasteiger partial charge in [-0.3, -0.25) is 4.79 Å². The summed E-state index contributed by atoms with van der Waals surface area (Å²) in [6, 6.07) is 16.4. The number of carbonyl (C=O) groups is 1. The highest BCUT2D eigenvalue weighted by molar-refractivity contribution is 7.98. The van der Waals surface area contributed by atoms with Gasteiger partial charge in [0.15, 0.2) is 0 Å². The van der Waals surface area contributed by atoms with E-state index in [-0.39, 0.29) is 11.4 Å². The van der Waals surface area contributed by atoms with Crippen LogP contribution in [0.2, 0.25) is 0 Å². The van der Waals surface area contributed by atoms with Gasteiger partial charge in [-0.15, -0.1) is 11.8 Å². The molecule has 116 valence electrons. The van der Waals surface area contributed by atoms with E-state index >= 15 is 0 Å². The molecule has 0 aliphatic heterocycles.